The summed E-state index contributed by atoms with van der Waals surface area (Å²) >= 11 is 4.98. The normalized spacial score (nSPS) is 10.7. The molecule has 0 bridgehead atoms. The molecule has 4 nitrogen and oxygen atoms in total. The van der Waals surface area contributed by atoms with Gasteiger partial charge in [0.1, 0.15) is 0 Å². The van der Waals surface area contributed by atoms with Gasteiger partial charge in [-0.2, -0.15) is 0 Å². The van der Waals surface area contributed by atoms with E-state index < -0.39 is 0 Å². The molecule has 0 fully saturated rings. The zero-order chi connectivity index (χ0) is 17.5. The Labute approximate surface area is 155 Å². The van der Waals surface area contributed by atoms with Crippen molar-refractivity contribution in [2.75, 3.05) is 5.75 Å². The molecular formula is C18H21BrN2O2S. The number of benzene rings is 1. The predicted molar refractivity (Wildman–Crippen MR) is 101 cm³/mol. The fraction of sp³-hybridized carbons (Fsp3) is 0.333. The highest BCUT2D eigenvalue weighted by Gasteiger charge is 2.09. The van der Waals surface area contributed by atoms with E-state index in [4.69, 9.17) is 4.74 Å². The number of carbonyl (C=O) groups is 1. The highest BCUT2D eigenvalue weighted by molar-refractivity contribution is 9.10. The number of carbonyl (C=O) groups excluding carboxylic acids is 1. The molecule has 1 N–H and O–H groups in total. The van der Waals surface area contributed by atoms with Crippen molar-refractivity contribution in [3.63, 3.8) is 0 Å². The number of nitrogens with zero attached hydrogens (tertiary/aromatic N) is 1. The van der Waals surface area contributed by atoms with Gasteiger partial charge in [-0.05, 0) is 50.6 Å². The van der Waals surface area contributed by atoms with E-state index in [2.05, 4.69) is 26.2 Å². The summed E-state index contributed by atoms with van der Waals surface area (Å²) in [5.41, 5.74) is 2.03. The highest BCUT2D eigenvalue weighted by Crippen LogP contribution is 2.25. The van der Waals surface area contributed by atoms with Gasteiger partial charge in [0.05, 0.1) is 11.9 Å². The number of aryl methyl sites for hydroxylation is 1. The Morgan fingerprint density at radius 3 is 2.88 bits per heavy atom. The van der Waals surface area contributed by atoms with Gasteiger partial charge < -0.3 is 10.1 Å². The van der Waals surface area contributed by atoms with Crippen molar-refractivity contribution in [2.45, 2.75) is 38.3 Å². The molecule has 6 heteroatoms. The number of hydrogen-bond donors (Lipinski definition) is 1. The lowest BCUT2D eigenvalue weighted by molar-refractivity contribution is -0.118. The molecule has 0 spiro atoms. The second-order valence-corrected chi connectivity index (χ2v) is 7.54. The molecule has 0 saturated carbocycles. The summed E-state index contributed by atoms with van der Waals surface area (Å²) in [7, 11) is 0. The monoisotopic (exact) mass is 408 g/mol. The fourth-order valence-corrected chi connectivity index (χ4v) is 3.37. The lowest BCUT2D eigenvalue weighted by Gasteiger charge is -2.13. The first kappa shape index (κ1) is 18.8. The summed E-state index contributed by atoms with van der Waals surface area (Å²) in [5, 5.41) is 2.92. The number of ether oxygens (including phenoxy) is 1. The molecule has 0 aliphatic rings. The summed E-state index contributed by atoms with van der Waals surface area (Å²) < 4.78 is 6.71. The van der Waals surface area contributed by atoms with Crippen LogP contribution in [0.5, 0.6) is 5.88 Å². The van der Waals surface area contributed by atoms with Crippen molar-refractivity contribution in [1.29, 1.82) is 0 Å². The molecule has 1 amide bonds. The molecule has 24 heavy (non-hydrogen) atoms. The number of pyridine rings is 1. The summed E-state index contributed by atoms with van der Waals surface area (Å²) in [6, 6.07) is 9.81. The molecule has 0 aliphatic heterocycles. The predicted octanol–water partition coefficient (Wildman–Crippen LogP) is 4.35. The van der Waals surface area contributed by atoms with Crippen LogP contribution in [0.4, 0.5) is 0 Å². The van der Waals surface area contributed by atoms with Crippen molar-refractivity contribution >= 4 is 33.6 Å². The summed E-state index contributed by atoms with van der Waals surface area (Å²) in [5.74, 6) is 0.939. The van der Waals surface area contributed by atoms with Crippen molar-refractivity contribution in [3.8, 4) is 5.88 Å². The second-order valence-electron chi connectivity index (χ2n) is 5.61. The minimum Gasteiger partial charge on any atom is -0.475 e. The van der Waals surface area contributed by atoms with Gasteiger partial charge in [-0.15, -0.1) is 11.8 Å². The fourth-order valence-electron chi connectivity index (χ4n) is 2.05. The molecule has 0 aliphatic carbocycles. The largest absolute Gasteiger partial charge is 0.475 e. The van der Waals surface area contributed by atoms with Crippen LogP contribution in [0.15, 0.2) is 45.9 Å². The highest BCUT2D eigenvalue weighted by atomic mass is 79.9. The third-order valence-corrected chi connectivity index (χ3v) is 4.84. The van der Waals surface area contributed by atoms with E-state index >= 15 is 0 Å². The lowest BCUT2D eigenvalue weighted by atomic mass is 10.2. The molecular weight excluding hydrogens is 388 g/mol. The van der Waals surface area contributed by atoms with Crippen LogP contribution in [-0.2, 0) is 11.3 Å². The van der Waals surface area contributed by atoms with Crippen molar-refractivity contribution in [2.24, 2.45) is 0 Å². The van der Waals surface area contributed by atoms with E-state index in [1.54, 1.807) is 6.20 Å². The Morgan fingerprint density at radius 1 is 1.38 bits per heavy atom. The van der Waals surface area contributed by atoms with E-state index in [9.17, 15) is 4.79 Å². The Morgan fingerprint density at radius 2 is 2.17 bits per heavy atom. The van der Waals surface area contributed by atoms with E-state index in [1.165, 1.54) is 11.8 Å². The van der Waals surface area contributed by atoms with Crippen molar-refractivity contribution in [3.05, 3.63) is 52.1 Å². The van der Waals surface area contributed by atoms with Crippen molar-refractivity contribution < 1.29 is 9.53 Å². The first-order valence-corrected chi connectivity index (χ1v) is 9.49. The van der Waals surface area contributed by atoms with Crippen LogP contribution in [-0.4, -0.2) is 22.7 Å². The zero-order valence-corrected chi connectivity index (χ0v) is 16.4. The van der Waals surface area contributed by atoms with Gasteiger partial charge in [0.25, 0.3) is 0 Å². The second kappa shape index (κ2) is 9.08. The average molecular weight is 409 g/mol. The summed E-state index contributed by atoms with van der Waals surface area (Å²) in [6.07, 6.45) is 1.74. The van der Waals surface area contributed by atoms with Gasteiger partial charge >= 0.3 is 0 Å². The number of rotatable bonds is 7. The number of nitrogens with one attached hydrogen (secondary N) is 1. The first-order valence-electron chi connectivity index (χ1n) is 7.72. The Balaban J connectivity index is 1.87. The average Bonchev–Trinajstić information content (AvgIpc) is 2.52. The standard InChI is InChI=1S/C18H21BrN2O2S/c1-12(2)23-18-14(5-4-8-20-18)10-21-17(22)11-24-16-7-6-15(19)9-13(16)3/h4-9,12H,10-11H2,1-3H3,(H,21,22). The van der Waals surface area contributed by atoms with Gasteiger partial charge in [-0.3, -0.25) is 4.79 Å². The van der Waals surface area contributed by atoms with Gasteiger partial charge in [0, 0.05) is 27.7 Å². The van der Waals surface area contributed by atoms with Gasteiger partial charge in [0.15, 0.2) is 0 Å². The van der Waals surface area contributed by atoms with Gasteiger partial charge in [-0.1, -0.05) is 22.0 Å². The third-order valence-electron chi connectivity index (χ3n) is 3.17. The molecule has 0 atom stereocenters. The van der Waals surface area contributed by atoms with Crippen LogP contribution >= 0.6 is 27.7 Å². The Kier molecular flexibility index (Phi) is 7.12. The SMILES string of the molecule is Cc1cc(Br)ccc1SCC(=O)NCc1cccnc1OC(C)C. The summed E-state index contributed by atoms with van der Waals surface area (Å²) in [6.45, 7) is 6.35. The van der Waals surface area contributed by atoms with Gasteiger partial charge in [0.2, 0.25) is 11.8 Å². The molecule has 2 aromatic rings. The summed E-state index contributed by atoms with van der Waals surface area (Å²) in [4.78, 5) is 17.4. The number of aromatic nitrogens is 1. The third kappa shape index (κ3) is 5.83. The maximum atomic E-state index is 12.1. The molecule has 0 unspecified atom stereocenters. The van der Waals surface area contributed by atoms with Crippen molar-refractivity contribution in [1.82, 2.24) is 10.3 Å². The van der Waals surface area contributed by atoms with Crippen LogP contribution in [0.3, 0.4) is 0 Å². The van der Waals surface area contributed by atoms with E-state index in [-0.39, 0.29) is 12.0 Å². The van der Waals surface area contributed by atoms with Crippen LogP contribution in [0.2, 0.25) is 0 Å². The van der Waals surface area contributed by atoms with Crippen LogP contribution in [0, 0.1) is 6.92 Å². The quantitative estimate of drug-likeness (QED) is 0.691. The molecule has 1 aromatic heterocycles. The molecule has 1 aromatic carbocycles. The molecule has 128 valence electrons. The van der Waals surface area contributed by atoms with Crippen LogP contribution in [0.25, 0.3) is 0 Å². The lowest BCUT2D eigenvalue weighted by Crippen LogP contribution is -2.25. The topological polar surface area (TPSA) is 51.2 Å². The molecule has 2 rings (SSSR count). The van der Waals surface area contributed by atoms with Crippen LogP contribution in [0.1, 0.15) is 25.0 Å². The van der Waals surface area contributed by atoms with Gasteiger partial charge in [-0.25, -0.2) is 4.98 Å². The number of halogens is 1. The maximum absolute atomic E-state index is 12.1. The number of thioether (sulfide) groups is 1. The minimum atomic E-state index is -0.0123. The Hall–Kier alpha value is -1.53. The zero-order valence-electron chi connectivity index (χ0n) is 14.0. The maximum Gasteiger partial charge on any atom is 0.230 e. The minimum absolute atomic E-state index is 0.0123. The number of hydrogen-bond acceptors (Lipinski definition) is 4. The first-order chi connectivity index (χ1) is 11.5. The number of amides is 1. The van der Waals surface area contributed by atoms with E-state index in [0.717, 1.165) is 20.5 Å². The van der Waals surface area contributed by atoms with E-state index in [1.807, 2.05) is 51.1 Å². The Bertz CT molecular complexity index is 707. The molecule has 0 radical (unpaired) electrons. The van der Waals surface area contributed by atoms with Crippen LogP contribution < -0.4 is 10.1 Å². The molecule has 0 saturated heterocycles. The smallest absolute Gasteiger partial charge is 0.230 e. The van der Waals surface area contributed by atoms with E-state index in [0.29, 0.717) is 18.2 Å². The molecule has 1 heterocycles.